The van der Waals surface area contributed by atoms with Gasteiger partial charge >= 0.3 is 5.97 Å². The molecule has 1 aromatic carbocycles. The van der Waals surface area contributed by atoms with Crippen LogP contribution in [0, 0.1) is 0 Å². The molecule has 0 saturated heterocycles. The van der Waals surface area contributed by atoms with Gasteiger partial charge in [0.05, 0.1) is 5.02 Å². The molecule has 0 bridgehead atoms. The molecular formula is C11H6Cl2N2O3. The highest BCUT2D eigenvalue weighted by Gasteiger charge is 2.14. The zero-order valence-corrected chi connectivity index (χ0v) is 10.3. The molecule has 1 N–H and O–H groups in total. The SMILES string of the molecule is O=C(O)c1cncnc1Oc1ccc(Cl)cc1Cl. The summed E-state index contributed by atoms with van der Waals surface area (Å²) < 4.78 is 5.33. The second-order valence-electron chi connectivity index (χ2n) is 3.22. The third kappa shape index (κ3) is 2.69. The van der Waals surface area contributed by atoms with E-state index in [9.17, 15) is 4.79 Å². The van der Waals surface area contributed by atoms with Gasteiger partial charge in [0.1, 0.15) is 17.6 Å². The van der Waals surface area contributed by atoms with Crippen molar-refractivity contribution in [3.05, 3.63) is 46.3 Å². The van der Waals surface area contributed by atoms with Crippen LogP contribution in [0.5, 0.6) is 11.6 Å². The van der Waals surface area contributed by atoms with Crippen LogP contribution in [0.4, 0.5) is 0 Å². The lowest BCUT2D eigenvalue weighted by molar-refractivity contribution is 0.0693. The van der Waals surface area contributed by atoms with Gasteiger partial charge in [0.15, 0.2) is 0 Å². The number of carbonyl (C=O) groups is 1. The van der Waals surface area contributed by atoms with Gasteiger partial charge in [-0.25, -0.2) is 14.8 Å². The molecule has 2 aromatic rings. The van der Waals surface area contributed by atoms with Crippen LogP contribution in [0.3, 0.4) is 0 Å². The first-order chi connectivity index (χ1) is 8.58. The standard InChI is InChI=1S/C11H6Cl2N2O3/c12-6-1-2-9(8(13)3-6)18-10-7(11(16)17)4-14-5-15-10/h1-5H,(H,16,17). The molecule has 0 radical (unpaired) electrons. The molecule has 0 spiro atoms. The molecule has 0 fully saturated rings. The number of carboxylic acids is 1. The smallest absolute Gasteiger partial charge is 0.342 e. The van der Waals surface area contributed by atoms with Gasteiger partial charge in [-0.15, -0.1) is 0 Å². The Bertz CT molecular complexity index is 605. The Kier molecular flexibility index (Phi) is 3.64. The average Bonchev–Trinajstić information content (AvgIpc) is 2.33. The molecule has 1 aromatic heterocycles. The van der Waals surface area contributed by atoms with Crippen molar-refractivity contribution in [1.82, 2.24) is 9.97 Å². The van der Waals surface area contributed by atoms with Gasteiger partial charge in [-0.05, 0) is 18.2 Å². The first kappa shape index (κ1) is 12.6. The lowest BCUT2D eigenvalue weighted by Gasteiger charge is -2.08. The van der Waals surface area contributed by atoms with E-state index in [-0.39, 0.29) is 22.2 Å². The van der Waals surface area contributed by atoms with Gasteiger partial charge in [-0.1, -0.05) is 23.2 Å². The Labute approximate surface area is 112 Å². The molecule has 7 heteroatoms. The van der Waals surface area contributed by atoms with Crippen LogP contribution in [0.25, 0.3) is 0 Å². The molecule has 5 nitrogen and oxygen atoms in total. The van der Waals surface area contributed by atoms with Gasteiger partial charge in [0.25, 0.3) is 0 Å². The molecule has 0 unspecified atom stereocenters. The fraction of sp³-hybridized carbons (Fsp3) is 0. The Morgan fingerprint density at radius 3 is 2.78 bits per heavy atom. The highest BCUT2D eigenvalue weighted by Crippen LogP contribution is 2.31. The van der Waals surface area contributed by atoms with E-state index >= 15 is 0 Å². The summed E-state index contributed by atoms with van der Waals surface area (Å²) in [6.07, 6.45) is 2.33. The van der Waals surface area contributed by atoms with E-state index in [2.05, 4.69) is 9.97 Å². The van der Waals surface area contributed by atoms with Gasteiger partial charge in [0, 0.05) is 11.2 Å². The maximum absolute atomic E-state index is 10.9. The van der Waals surface area contributed by atoms with Crippen molar-refractivity contribution in [1.29, 1.82) is 0 Å². The summed E-state index contributed by atoms with van der Waals surface area (Å²) in [5.74, 6) is -1.00. The highest BCUT2D eigenvalue weighted by molar-refractivity contribution is 6.35. The minimum Gasteiger partial charge on any atom is -0.477 e. The number of halogens is 2. The van der Waals surface area contributed by atoms with E-state index in [1.165, 1.54) is 18.5 Å². The van der Waals surface area contributed by atoms with E-state index in [0.717, 1.165) is 6.20 Å². The van der Waals surface area contributed by atoms with Gasteiger partial charge in [-0.3, -0.25) is 0 Å². The molecule has 18 heavy (non-hydrogen) atoms. The molecule has 0 atom stereocenters. The van der Waals surface area contributed by atoms with Crippen LogP contribution in [0.15, 0.2) is 30.7 Å². The number of aromatic nitrogens is 2. The maximum Gasteiger partial charge on any atom is 0.342 e. The van der Waals surface area contributed by atoms with Crippen molar-refractivity contribution in [3.8, 4) is 11.6 Å². The number of benzene rings is 1. The number of nitrogens with zero attached hydrogens (tertiary/aromatic N) is 2. The Balaban J connectivity index is 2.37. The minimum absolute atomic E-state index is 0.0817. The molecule has 0 amide bonds. The third-order valence-corrected chi connectivity index (χ3v) is 2.54. The summed E-state index contributed by atoms with van der Waals surface area (Å²) in [6, 6.07) is 4.59. The van der Waals surface area contributed by atoms with Crippen LogP contribution in [-0.2, 0) is 0 Å². The van der Waals surface area contributed by atoms with E-state index in [4.69, 9.17) is 33.0 Å². The van der Waals surface area contributed by atoms with Crippen LogP contribution in [0.1, 0.15) is 10.4 Å². The number of ether oxygens (including phenoxy) is 1. The number of aromatic carboxylic acids is 1. The molecule has 0 aliphatic heterocycles. The Morgan fingerprint density at radius 2 is 2.11 bits per heavy atom. The summed E-state index contributed by atoms with van der Waals surface area (Å²) in [6.45, 7) is 0. The molecule has 0 aliphatic rings. The zero-order valence-electron chi connectivity index (χ0n) is 8.80. The number of hydrogen-bond acceptors (Lipinski definition) is 4. The lowest BCUT2D eigenvalue weighted by Crippen LogP contribution is -2.02. The second-order valence-corrected chi connectivity index (χ2v) is 4.07. The molecular weight excluding hydrogens is 279 g/mol. The first-order valence-electron chi connectivity index (χ1n) is 4.74. The van der Waals surface area contributed by atoms with Crippen molar-refractivity contribution >= 4 is 29.2 Å². The second kappa shape index (κ2) is 5.20. The molecule has 2 rings (SSSR count). The van der Waals surface area contributed by atoms with E-state index in [1.54, 1.807) is 6.07 Å². The number of carboxylic acid groups (broad SMARTS) is 1. The van der Waals surface area contributed by atoms with Crippen molar-refractivity contribution < 1.29 is 14.6 Å². The number of rotatable bonds is 3. The average molecular weight is 285 g/mol. The van der Waals surface area contributed by atoms with Crippen LogP contribution < -0.4 is 4.74 Å². The van der Waals surface area contributed by atoms with E-state index < -0.39 is 5.97 Å². The summed E-state index contributed by atoms with van der Waals surface area (Å²) in [7, 11) is 0. The lowest BCUT2D eigenvalue weighted by atomic mass is 10.3. The Morgan fingerprint density at radius 1 is 1.33 bits per heavy atom. The highest BCUT2D eigenvalue weighted by atomic mass is 35.5. The predicted molar refractivity (Wildman–Crippen MR) is 65.5 cm³/mol. The topological polar surface area (TPSA) is 72.3 Å². The fourth-order valence-corrected chi connectivity index (χ4v) is 1.66. The van der Waals surface area contributed by atoms with Crippen molar-refractivity contribution in [2.75, 3.05) is 0 Å². The summed E-state index contributed by atoms with van der Waals surface area (Å²) in [4.78, 5) is 18.3. The van der Waals surface area contributed by atoms with Gasteiger partial charge in [-0.2, -0.15) is 0 Å². The molecule has 0 saturated carbocycles. The monoisotopic (exact) mass is 284 g/mol. The normalized spacial score (nSPS) is 10.1. The summed E-state index contributed by atoms with van der Waals surface area (Å²) >= 11 is 11.7. The largest absolute Gasteiger partial charge is 0.477 e. The third-order valence-electron chi connectivity index (χ3n) is 2.01. The van der Waals surface area contributed by atoms with Crippen LogP contribution in [0.2, 0.25) is 10.0 Å². The molecule has 0 aliphatic carbocycles. The fourth-order valence-electron chi connectivity index (χ4n) is 1.21. The van der Waals surface area contributed by atoms with Crippen LogP contribution in [-0.4, -0.2) is 21.0 Å². The number of hydrogen-bond donors (Lipinski definition) is 1. The quantitative estimate of drug-likeness (QED) is 0.936. The van der Waals surface area contributed by atoms with Gasteiger partial charge in [0.2, 0.25) is 5.88 Å². The van der Waals surface area contributed by atoms with E-state index in [1.807, 2.05) is 0 Å². The molecule has 92 valence electrons. The van der Waals surface area contributed by atoms with Crippen molar-refractivity contribution in [2.45, 2.75) is 0 Å². The summed E-state index contributed by atoms with van der Waals surface area (Å²) in [5, 5.41) is 9.66. The van der Waals surface area contributed by atoms with Crippen LogP contribution >= 0.6 is 23.2 Å². The summed E-state index contributed by atoms with van der Waals surface area (Å²) in [5.41, 5.74) is -0.150. The van der Waals surface area contributed by atoms with E-state index in [0.29, 0.717) is 5.02 Å². The van der Waals surface area contributed by atoms with Crippen molar-refractivity contribution in [3.63, 3.8) is 0 Å². The maximum atomic E-state index is 10.9. The zero-order chi connectivity index (χ0) is 13.1. The first-order valence-corrected chi connectivity index (χ1v) is 5.49. The minimum atomic E-state index is -1.18. The van der Waals surface area contributed by atoms with Gasteiger partial charge < -0.3 is 9.84 Å². The molecule has 1 heterocycles. The predicted octanol–water partition coefficient (Wildman–Crippen LogP) is 3.27. The van der Waals surface area contributed by atoms with Crippen molar-refractivity contribution in [2.24, 2.45) is 0 Å². The Hall–Kier alpha value is -1.85.